The van der Waals surface area contributed by atoms with Gasteiger partial charge in [0.15, 0.2) is 11.5 Å². The Morgan fingerprint density at radius 3 is 2.33 bits per heavy atom. The van der Waals surface area contributed by atoms with Crippen molar-refractivity contribution in [1.29, 1.82) is 0 Å². The van der Waals surface area contributed by atoms with E-state index in [0.29, 0.717) is 5.39 Å². The molecule has 4 aromatic rings. The number of halogens is 3. The zero-order valence-electron chi connectivity index (χ0n) is 13.5. The van der Waals surface area contributed by atoms with E-state index in [9.17, 15) is 28.2 Å². The topological polar surface area (TPSA) is 70.7 Å². The van der Waals surface area contributed by atoms with Crippen molar-refractivity contribution >= 4 is 21.7 Å². The number of hydrogen-bond donors (Lipinski definition) is 2. The number of rotatable bonds is 1. The van der Waals surface area contributed by atoms with E-state index in [0.717, 1.165) is 12.3 Å². The molecule has 4 nitrogen and oxygen atoms in total. The van der Waals surface area contributed by atoms with Gasteiger partial charge in [-0.05, 0) is 29.7 Å². The summed E-state index contributed by atoms with van der Waals surface area (Å²) in [7, 11) is 0. The predicted octanol–water partition coefficient (Wildman–Crippen LogP) is 5.04. The van der Waals surface area contributed by atoms with Crippen molar-refractivity contribution in [2.75, 3.05) is 0 Å². The Labute approximate surface area is 149 Å². The minimum Gasteiger partial charge on any atom is -0.504 e. The van der Waals surface area contributed by atoms with Crippen molar-refractivity contribution in [2.24, 2.45) is 0 Å². The Balaban J connectivity index is 2.11. The summed E-state index contributed by atoms with van der Waals surface area (Å²) in [5, 5.41) is 20.1. The van der Waals surface area contributed by atoms with Crippen LogP contribution in [0.15, 0.2) is 64.0 Å². The van der Waals surface area contributed by atoms with Crippen molar-refractivity contribution in [3.05, 3.63) is 70.6 Å². The molecule has 0 fully saturated rings. The summed E-state index contributed by atoms with van der Waals surface area (Å²) in [5.41, 5.74) is -1.98. The Morgan fingerprint density at radius 1 is 0.889 bits per heavy atom. The lowest BCUT2D eigenvalue weighted by Crippen LogP contribution is -2.11. The van der Waals surface area contributed by atoms with E-state index >= 15 is 0 Å². The molecule has 0 atom stereocenters. The fraction of sp³-hybridized carbons (Fsp3) is 0.0500. The van der Waals surface area contributed by atoms with Crippen LogP contribution in [0.25, 0.3) is 32.9 Å². The van der Waals surface area contributed by atoms with Gasteiger partial charge in [0.2, 0.25) is 5.43 Å². The van der Waals surface area contributed by atoms with Crippen LogP contribution in [0.2, 0.25) is 0 Å². The molecule has 4 rings (SSSR count). The second-order valence-corrected chi connectivity index (χ2v) is 6.02. The second kappa shape index (κ2) is 5.77. The zero-order valence-corrected chi connectivity index (χ0v) is 13.5. The summed E-state index contributed by atoms with van der Waals surface area (Å²) >= 11 is 0. The molecule has 0 saturated heterocycles. The van der Waals surface area contributed by atoms with Gasteiger partial charge in [-0.2, -0.15) is 13.2 Å². The first-order valence-electron chi connectivity index (χ1n) is 7.84. The summed E-state index contributed by atoms with van der Waals surface area (Å²) in [6, 6.07) is 10.2. The summed E-state index contributed by atoms with van der Waals surface area (Å²) in [6.45, 7) is 0. The van der Waals surface area contributed by atoms with E-state index in [2.05, 4.69) is 0 Å². The van der Waals surface area contributed by atoms with Gasteiger partial charge in [0.1, 0.15) is 11.8 Å². The highest BCUT2D eigenvalue weighted by molar-refractivity contribution is 6.07. The Morgan fingerprint density at radius 2 is 1.59 bits per heavy atom. The van der Waals surface area contributed by atoms with Gasteiger partial charge in [0.05, 0.1) is 16.5 Å². The number of phenols is 2. The maximum absolute atomic E-state index is 13.3. The zero-order chi connectivity index (χ0) is 19.3. The molecule has 0 spiro atoms. The van der Waals surface area contributed by atoms with Gasteiger partial charge < -0.3 is 14.6 Å². The highest BCUT2D eigenvalue weighted by Crippen LogP contribution is 2.38. The molecule has 0 bridgehead atoms. The van der Waals surface area contributed by atoms with Gasteiger partial charge in [-0.15, -0.1) is 0 Å². The van der Waals surface area contributed by atoms with Crippen LogP contribution in [0.5, 0.6) is 11.5 Å². The monoisotopic (exact) mass is 372 g/mol. The Bertz CT molecular complexity index is 1260. The molecule has 0 unspecified atom stereocenters. The van der Waals surface area contributed by atoms with Crippen molar-refractivity contribution in [3.8, 4) is 22.6 Å². The maximum atomic E-state index is 13.3. The number of fused-ring (bicyclic) bond motifs is 3. The van der Waals surface area contributed by atoms with Gasteiger partial charge in [0, 0.05) is 10.9 Å². The molecule has 136 valence electrons. The number of phenolic OH excluding ortho intramolecular Hbond substituents is 2. The molecule has 0 saturated carbocycles. The molecule has 0 radical (unpaired) electrons. The molecular formula is C20H11F3O4. The fourth-order valence-corrected chi connectivity index (χ4v) is 3.12. The third kappa shape index (κ3) is 2.68. The quantitative estimate of drug-likeness (QED) is 0.363. The van der Waals surface area contributed by atoms with Crippen LogP contribution >= 0.6 is 0 Å². The van der Waals surface area contributed by atoms with Crippen molar-refractivity contribution in [1.82, 2.24) is 0 Å². The van der Waals surface area contributed by atoms with E-state index in [4.69, 9.17) is 4.42 Å². The average molecular weight is 372 g/mol. The summed E-state index contributed by atoms with van der Waals surface area (Å²) < 4.78 is 45.4. The van der Waals surface area contributed by atoms with Crippen molar-refractivity contribution < 1.29 is 27.8 Å². The minimum absolute atomic E-state index is 0.0253. The predicted molar refractivity (Wildman–Crippen MR) is 93.8 cm³/mol. The second-order valence-electron chi connectivity index (χ2n) is 6.02. The molecule has 1 aromatic heterocycles. The Hall–Kier alpha value is -3.48. The Kier molecular flexibility index (Phi) is 3.62. The van der Waals surface area contributed by atoms with Crippen LogP contribution in [0.1, 0.15) is 5.56 Å². The lowest BCUT2D eigenvalue weighted by Gasteiger charge is -2.13. The first kappa shape index (κ1) is 17.0. The third-order valence-electron chi connectivity index (χ3n) is 4.37. The standard InChI is InChI=1S/C20H11F3O4/c21-20(22,23)14-4-2-1-3-11(14)13-9-27-17-6-5-10-7-15(24)16(25)8-12(10)18(17)19(13)26/h1-9,24-25H. The molecular weight excluding hydrogens is 361 g/mol. The van der Waals surface area contributed by atoms with E-state index in [1.165, 1.54) is 36.4 Å². The van der Waals surface area contributed by atoms with Gasteiger partial charge in [0.25, 0.3) is 0 Å². The molecule has 2 N–H and O–H groups in total. The summed E-state index contributed by atoms with van der Waals surface area (Å²) in [5.74, 6) is -0.819. The van der Waals surface area contributed by atoms with E-state index in [-0.39, 0.29) is 33.2 Å². The van der Waals surface area contributed by atoms with Gasteiger partial charge >= 0.3 is 6.18 Å². The molecule has 3 aromatic carbocycles. The number of benzene rings is 3. The molecule has 0 aliphatic rings. The fourth-order valence-electron chi connectivity index (χ4n) is 3.12. The van der Waals surface area contributed by atoms with Crippen LogP contribution < -0.4 is 5.43 Å². The van der Waals surface area contributed by atoms with Gasteiger partial charge in [-0.3, -0.25) is 4.79 Å². The first-order chi connectivity index (χ1) is 12.8. The molecule has 0 amide bonds. The lowest BCUT2D eigenvalue weighted by atomic mass is 9.97. The van der Waals surface area contributed by atoms with Crippen LogP contribution in [-0.4, -0.2) is 10.2 Å². The highest BCUT2D eigenvalue weighted by Gasteiger charge is 2.34. The smallest absolute Gasteiger partial charge is 0.417 e. The molecule has 0 aliphatic heterocycles. The number of hydrogen-bond acceptors (Lipinski definition) is 4. The largest absolute Gasteiger partial charge is 0.504 e. The van der Waals surface area contributed by atoms with Crippen molar-refractivity contribution in [3.63, 3.8) is 0 Å². The highest BCUT2D eigenvalue weighted by atomic mass is 19.4. The summed E-state index contributed by atoms with van der Waals surface area (Å²) in [6.07, 6.45) is -3.64. The van der Waals surface area contributed by atoms with E-state index < -0.39 is 22.9 Å². The van der Waals surface area contributed by atoms with E-state index in [1.54, 1.807) is 6.07 Å². The third-order valence-corrected chi connectivity index (χ3v) is 4.37. The summed E-state index contributed by atoms with van der Waals surface area (Å²) in [4.78, 5) is 13.0. The minimum atomic E-state index is -4.64. The van der Waals surface area contributed by atoms with Gasteiger partial charge in [-0.25, -0.2) is 0 Å². The molecule has 0 aliphatic carbocycles. The first-order valence-corrected chi connectivity index (χ1v) is 7.84. The van der Waals surface area contributed by atoms with Gasteiger partial charge in [-0.1, -0.05) is 24.3 Å². The average Bonchev–Trinajstić information content (AvgIpc) is 2.62. The van der Waals surface area contributed by atoms with E-state index in [1.807, 2.05) is 0 Å². The number of aromatic hydroxyl groups is 2. The lowest BCUT2D eigenvalue weighted by molar-refractivity contribution is -0.137. The molecule has 7 heteroatoms. The SMILES string of the molecule is O=c1c(-c2ccccc2C(F)(F)F)coc2ccc3cc(O)c(O)cc3c12. The molecule has 27 heavy (non-hydrogen) atoms. The number of alkyl halides is 3. The van der Waals surface area contributed by atoms with Crippen LogP contribution in [-0.2, 0) is 6.18 Å². The van der Waals surface area contributed by atoms with Crippen molar-refractivity contribution in [2.45, 2.75) is 6.18 Å². The van der Waals surface area contributed by atoms with Crippen LogP contribution in [0.4, 0.5) is 13.2 Å². The van der Waals surface area contributed by atoms with Crippen LogP contribution in [0, 0.1) is 0 Å². The maximum Gasteiger partial charge on any atom is 0.417 e. The normalized spacial score (nSPS) is 12.0. The van der Waals surface area contributed by atoms with Crippen LogP contribution in [0.3, 0.4) is 0 Å². The molecule has 1 heterocycles.